The number of hydrogen-bond acceptors (Lipinski definition) is 6. The zero-order valence-corrected chi connectivity index (χ0v) is 15.2. The van der Waals surface area contributed by atoms with Crippen LogP contribution in [0.3, 0.4) is 0 Å². The Morgan fingerprint density at radius 2 is 1.96 bits per heavy atom. The van der Waals surface area contributed by atoms with Gasteiger partial charge in [-0.2, -0.15) is 0 Å². The number of nitrogens with one attached hydrogen (secondary N) is 1. The number of rotatable bonds is 3. The van der Waals surface area contributed by atoms with Crippen molar-refractivity contribution in [2.24, 2.45) is 0 Å². The maximum atomic E-state index is 12.2. The average Bonchev–Trinajstić information content (AvgIpc) is 2.50. The molecule has 1 aromatic rings. The first-order valence-corrected chi connectivity index (χ1v) is 8.54. The second kappa shape index (κ2) is 7.39. The Bertz CT molecular complexity index is 627. The summed E-state index contributed by atoms with van der Waals surface area (Å²) in [6.07, 6.45) is 1.25. The van der Waals surface area contributed by atoms with E-state index in [2.05, 4.69) is 5.32 Å². The van der Waals surface area contributed by atoms with Gasteiger partial charge in [0.05, 0.1) is 0 Å². The largest absolute Gasteiger partial charge is 0.504 e. The third-order valence-corrected chi connectivity index (χ3v) is 4.30. The quantitative estimate of drug-likeness (QED) is 0.624. The van der Waals surface area contributed by atoms with E-state index in [-0.39, 0.29) is 29.7 Å². The molecule has 0 radical (unpaired) electrons. The van der Waals surface area contributed by atoms with Gasteiger partial charge in [0.1, 0.15) is 5.60 Å². The van der Waals surface area contributed by atoms with Crippen molar-refractivity contribution in [1.82, 2.24) is 10.2 Å². The number of carbonyl (C=O) groups excluding carboxylic acids is 1. The van der Waals surface area contributed by atoms with Crippen molar-refractivity contribution in [3.63, 3.8) is 0 Å². The number of carbonyl (C=O) groups is 1. The summed E-state index contributed by atoms with van der Waals surface area (Å²) in [5, 5.41) is 32.1. The topological polar surface area (TPSA) is 102 Å². The van der Waals surface area contributed by atoms with Gasteiger partial charge in [0, 0.05) is 30.7 Å². The Labute approximate surface area is 148 Å². The van der Waals surface area contributed by atoms with Gasteiger partial charge in [-0.1, -0.05) is 6.07 Å². The number of piperidine rings is 1. The number of likely N-dealkylation sites (tertiary alicyclic amines) is 1. The summed E-state index contributed by atoms with van der Waals surface area (Å²) in [5.74, 6) is -1.17. The van der Waals surface area contributed by atoms with Crippen molar-refractivity contribution in [3.8, 4) is 17.2 Å². The van der Waals surface area contributed by atoms with Crippen molar-refractivity contribution in [1.29, 1.82) is 0 Å². The van der Waals surface area contributed by atoms with Gasteiger partial charge in [0.15, 0.2) is 11.5 Å². The molecule has 1 aromatic carbocycles. The number of aromatic hydroxyl groups is 3. The molecule has 0 saturated carbocycles. The van der Waals surface area contributed by atoms with Crippen molar-refractivity contribution in [3.05, 3.63) is 17.7 Å². The van der Waals surface area contributed by atoms with E-state index in [0.717, 1.165) is 12.8 Å². The molecule has 7 nitrogen and oxygen atoms in total. The Hall–Kier alpha value is -2.15. The standard InChI is InChI=1S/C18H28N2O5/c1-11-9-13(7-8-20(11)17(24)25-18(2,3)4)19-10-12-5-6-14(21)16(23)15(12)22/h5-6,11,13,19,21-23H,7-10H2,1-4H3. The zero-order chi connectivity index (χ0) is 18.8. The summed E-state index contributed by atoms with van der Waals surface area (Å²) in [4.78, 5) is 14.0. The Morgan fingerprint density at radius 3 is 2.56 bits per heavy atom. The molecule has 2 atom stereocenters. The third kappa shape index (κ3) is 4.92. The summed E-state index contributed by atoms with van der Waals surface area (Å²) in [5.41, 5.74) is 0.00197. The van der Waals surface area contributed by atoms with Crippen LogP contribution in [0.2, 0.25) is 0 Å². The van der Waals surface area contributed by atoms with E-state index in [0.29, 0.717) is 18.7 Å². The molecule has 0 bridgehead atoms. The molecule has 2 rings (SSSR count). The summed E-state index contributed by atoms with van der Waals surface area (Å²) >= 11 is 0. The van der Waals surface area contributed by atoms with Crippen LogP contribution in [-0.4, -0.2) is 50.5 Å². The molecular weight excluding hydrogens is 324 g/mol. The highest BCUT2D eigenvalue weighted by atomic mass is 16.6. The predicted octanol–water partition coefficient (Wildman–Crippen LogP) is 2.68. The molecule has 25 heavy (non-hydrogen) atoms. The minimum Gasteiger partial charge on any atom is -0.504 e. The molecule has 1 amide bonds. The highest BCUT2D eigenvalue weighted by Crippen LogP contribution is 2.37. The van der Waals surface area contributed by atoms with Gasteiger partial charge in [-0.05, 0) is 46.6 Å². The van der Waals surface area contributed by atoms with Crippen LogP contribution < -0.4 is 5.32 Å². The van der Waals surface area contributed by atoms with Crippen LogP contribution in [0, 0.1) is 0 Å². The van der Waals surface area contributed by atoms with Crippen LogP contribution in [0.1, 0.15) is 46.1 Å². The first-order chi connectivity index (χ1) is 11.6. The SMILES string of the molecule is CC1CC(NCc2ccc(O)c(O)c2O)CCN1C(=O)OC(C)(C)C. The van der Waals surface area contributed by atoms with Crippen LogP contribution in [0.25, 0.3) is 0 Å². The first-order valence-electron chi connectivity index (χ1n) is 8.54. The Kier molecular flexibility index (Phi) is 5.67. The maximum absolute atomic E-state index is 12.2. The van der Waals surface area contributed by atoms with E-state index in [1.807, 2.05) is 27.7 Å². The van der Waals surface area contributed by atoms with E-state index < -0.39 is 11.4 Å². The molecule has 4 N–H and O–H groups in total. The van der Waals surface area contributed by atoms with Gasteiger partial charge >= 0.3 is 6.09 Å². The summed E-state index contributed by atoms with van der Waals surface area (Å²) in [7, 11) is 0. The van der Waals surface area contributed by atoms with E-state index in [1.54, 1.807) is 11.0 Å². The van der Waals surface area contributed by atoms with E-state index in [9.17, 15) is 20.1 Å². The second-order valence-corrected chi connectivity index (χ2v) is 7.57. The van der Waals surface area contributed by atoms with Crippen molar-refractivity contribution >= 4 is 6.09 Å². The molecule has 0 aliphatic carbocycles. The highest BCUT2D eigenvalue weighted by Gasteiger charge is 2.31. The monoisotopic (exact) mass is 352 g/mol. The number of phenols is 3. The fourth-order valence-corrected chi connectivity index (χ4v) is 2.96. The molecule has 2 unspecified atom stereocenters. The molecule has 140 valence electrons. The van der Waals surface area contributed by atoms with E-state index in [4.69, 9.17) is 4.74 Å². The van der Waals surface area contributed by atoms with Gasteiger partial charge in [-0.3, -0.25) is 0 Å². The van der Waals surface area contributed by atoms with Crippen LogP contribution in [0.5, 0.6) is 17.2 Å². The van der Waals surface area contributed by atoms with Crippen LogP contribution >= 0.6 is 0 Å². The lowest BCUT2D eigenvalue weighted by Gasteiger charge is -2.38. The molecule has 1 aliphatic heterocycles. The van der Waals surface area contributed by atoms with Gasteiger partial charge in [0.2, 0.25) is 5.75 Å². The molecule has 0 aromatic heterocycles. The number of amides is 1. The lowest BCUT2D eigenvalue weighted by molar-refractivity contribution is 0.00932. The first kappa shape index (κ1) is 19.2. The number of benzene rings is 1. The molecule has 1 heterocycles. The third-order valence-electron chi connectivity index (χ3n) is 4.30. The molecule has 7 heteroatoms. The smallest absolute Gasteiger partial charge is 0.410 e. The van der Waals surface area contributed by atoms with Crippen LogP contribution in [0.4, 0.5) is 4.79 Å². The van der Waals surface area contributed by atoms with Crippen LogP contribution in [0.15, 0.2) is 12.1 Å². The Morgan fingerprint density at radius 1 is 1.28 bits per heavy atom. The fourth-order valence-electron chi connectivity index (χ4n) is 2.96. The van der Waals surface area contributed by atoms with Crippen molar-refractivity contribution < 1.29 is 24.9 Å². The van der Waals surface area contributed by atoms with Crippen molar-refractivity contribution in [2.75, 3.05) is 6.54 Å². The minimum atomic E-state index is -0.510. The minimum absolute atomic E-state index is 0.0444. The lowest BCUT2D eigenvalue weighted by Crippen LogP contribution is -2.50. The number of hydrogen-bond donors (Lipinski definition) is 4. The van der Waals surface area contributed by atoms with Gasteiger partial charge < -0.3 is 30.3 Å². The predicted molar refractivity (Wildman–Crippen MR) is 93.7 cm³/mol. The number of nitrogens with zero attached hydrogens (tertiary/aromatic N) is 1. The average molecular weight is 352 g/mol. The Balaban J connectivity index is 1.89. The van der Waals surface area contributed by atoms with Gasteiger partial charge in [0.25, 0.3) is 0 Å². The molecule has 1 aliphatic rings. The molecule has 0 spiro atoms. The number of phenolic OH excluding ortho intramolecular Hbond substituents is 3. The van der Waals surface area contributed by atoms with Crippen molar-refractivity contribution in [2.45, 2.75) is 64.8 Å². The van der Waals surface area contributed by atoms with Gasteiger partial charge in [-0.15, -0.1) is 0 Å². The second-order valence-electron chi connectivity index (χ2n) is 7.57. The summed E-state index contributed by atoms with van der Waals surface area (Å²) < 4.78 is 5.43. The van der Waals surface area contributed by atoms with Crippen LogP contribution in [-0.2, 0) is 11.3 Å². The van der Waals surface area contributed by atoms with E-state index in [1.165, 1.54) is 6.07 Å². The molecular formula is C18H28N2O5. The summed E-state index contributed by atoms with van der Waals surface area (Å²) in [6, 6.07) is 3.14. The maximum Gasteiger partial charge on any atom is 0.410 e. The lowest BCUT2D eigenvalue weighted by atomic mass is 9.98. The summed E-state index contributed by atoms with van der Waals surface area (Å²) in [6.45, 7) is 8.50. The van der Waals surface area contributed by atoms with E-state index >= 15 is 0 Å². The highest BCUT2D eigenvalue weighted by molar-refractivity contribution is 5.68. The number of ether oxygens (including phenoxy) is 1. The normalized spacial score (nSPS) is 21.2. The van der Waals surface area contributed by atoms with Gasteiger partial charge in [-0.25, -0.2) is 4.79 Å². The molecule has 1 saturated heterocycles. The fraction of sp³-hybridized carbons (Fsp3) is 0.611. The zero-order valence-electron chi connectivity index (χ0n) is 15.2. The molecule has 1 fully saturated rings.